The molecule has 1 heterocycles. The second-order valence-electron chi connectivity index (χ2n) is 8.04. The smallest absolute Gasteiger partial charge is 0.335 e. The Morgan fingerprint density at radius 3 is 2.38 bits per heavy atom. The van der Waals surface area contributed by atoms with E-state index in [-0.39, 0.29) is 24.0 Å². The fraction of sp³-hybridized carbons (Fsp3) is 0.143. The van der Waals surface area contributed by atoms with Crippen LogP contribution in [0.5, 0.6) is 11.5 Å². The highest BCUT2D eigenvalue weighted by Crippen LogP contribution is 2.28. The molecule has 4 rings (SSSR count). The van der Waals surface area contributed by atoms with Crippen molar-refractivity contribution in [1.82, 2.24) is 0 Å². The molecule has 9 heteroatoms. The van der Waals surface area contributed by atoms with Crippen molar-refractivity contribution in [2.75, 3.05) is 23.5 Å². The maximum atomic E-state index is 13.1. The summed E-state index contributed by atoms with van der Waals surface area (Å²) < 4.78 is 11.2. The third-order valence-corrected chi connectivity index (χ3v) is 5.45. The van der Waals surface area contributed by atoms with Gasteiger partial charge in [0.25, 0.3) is 11.8 Å². The summed E-state index contributed by atoms with van der Waals surface area (Å²) in [5.41, 5.74) is 2.65. The van der Waals surface area contributed by atoms with Gasteiger partial charge in [0.15, 0.2) is 6.61 Å². The number of nitrogens with one attached hydrogen (secondary N) is 1. The number of carboxylic acid groups (broad SMARTS) is 1. The molecular formula is C28H25N3O6. The number of nitrogens with zero attached hydrogens (tertiary/aromatic N) is 2. The number of hydrazone groups is 1. The summed E-state index contributed by atoms with van der Waals surface area (Å²) >= 11 is 0. The van der Waals surface area contributed by atoms with Gasteiger partial charge < -0.3 is 19.9 Å². The van der Waals surface area contributed by atoms with Crippen LogP contribution in [0.25, 0.3) is 6.08 Å². The molecule has 0 aromatic heterocycles. The SMILES string of the molecule is CCOc1ccc(NC(=O)COc2ccccc2C=C2C(=O)N(c3ccc(C(=O)O)cc3)N=C2C)cc1. The van der Waals surface area contributed by atoms with E-state index < -0.39 is 5.97 Å². The first-order valence-corrected chi connectivity index (χ1v) is 11.6. The van der Waals surface area contributed by atoms with Crippen LogP contribution in [0.15, 0.2) is 83.5 Å². The van der Waals surface area contributed by atoms with Gasteiger partial charge in [-0.05, 0) is 74.5 Å². The van der Waals surface area contributed by atoms with Gasteiger partial charge in [-0.1, -0.05) is 18.2 Å². The summed E-state index contributed by atoms with van der Waals surface area (Å²) in [6.07, 6.45) is 1.66. The lowest BCUT2D eigenvalue weighted by Gasteiger charge is -2.12. The van der Waals surface area contributed by atoms with E-state index in [1.165, 1.54) is 29.3 Å². The van der Waals surface area contributed by atoms with Crippen LogP contribution < -0.4 is 19.8 Å². The minimum Gasteiger partial charge on any atom is -0.494 e. The molecule has 3 aromatic rings. The normalized spacial score (nSPS) is 13.9. The molecule has 0 unspecified atom stereocenters. The van der Waals surface area contributed by atoms with Crippen LogP contribution in [0.3, 0.4) is 0 Å². The minimum absolute atomic E-state index is 0.115. The average molecular weight is 500 g/mol. The summed E-state index contributed by atoms with van der Waals surface area (Å²) in [4.78, 5) is 36.6. The first-order valence-electron chi connectivity index (χ1n) is 11.6. The topological polar surface area (TPSA) is 118 Å². The number of rotatable bonds is 9. The van der Waals surface area contributed by atoms with Crippen molar-refractivity contribution in [3.05, 3.63) is 89.5 Å². The largest absolute Gasteiger partial charge is 0.494 e. The zero-order valence-corrected chi connectivity index (χ0v) is 20.3. The predicted octanol–water partition coefficient (Wildman–Crippen LogP) is 4.61. The van der Waals surface area contributed by atoms with Crippen molar-refractivity contribution in [3.63, 3.8) is 0 Å². The maximum absolute atomic E-state index is 13.1. The second-order valence-corrected chi connectivity index (χ2v) is 8.04. The van der Waals surface area contributed by atoms with Gasteiger partial charge in [-0.25, -0.2) is 4.79 Å². The van der Waals surface area contributed by atoms with Crippen molar-refractivity contribution in [2.24, 2.45) is 5.10 Å². The molecule has 9 nitrogen and oxygen atoms in total. The number of carbonyl (C=O) groups excluding carboxylic acids is 2. The van der Waals surface area contributed by atoms with Gasteiger partial charge >= 0.3 is 5.97 Å². The molecule has 188 valence electrons. The van der Waals surface area contributed by atoms with Crippen molar-refractivity contribution in [2.45, 2.75) is 13.8 Å². The van der Waals surface area contributed by atoms with Crippen molar-refractivity contribution in [1.29, 1.82) is 0 Å². The Balaban J connectivity index is 1.44. The first-order chi connectivity index (χ1) is 17.9. The Hall–Kier alpha value is -4.92. The van der Waals surface area contributed by atoms with Gasteiger partial charge in [0.05, 0.1) is 29.1 Å². The molecule has 0 atom stereocenters. The van der Waals surface area contributed by atoms with E-state index in [2.05, 4.69) is 10.4 Å². The third-order valence-electron chi connectivity index (χ3n) is 5.45. The standard InChI is InChI=1S/C28H25N3O6/c1-3-36-23-14-10-21(11-15-23)29-26(32)17-37-25-7-5-4-6-20(25)16-24-18(2)30-31(27(24)33)22-12-8-19(9-13-22)28(34)35/h4-16H,3,17H2,1-2H3,(H,29,32)(H,34,35). The van der Waals surface area contributed by atoms with Gasteiger partial charge in [-0.3, -0.25) is 9.59 Å². The molecule has 0 aliphatic carbocycles. The fourth-order valence-electron chi connectivity index (χ4n) is 3.63. The zero-order valence-electron chi connectivity index (χ0n) is 20.3. The number of carbonyl (C=O) groups is 3. The molecule has 0 saturated carbocycles. The van der Waals surface area contributed by atoms with E-state index in [9.17, 15) is 14.4 Å². The lowest BCUT2D eigenvalue weighted by atomic mass is 10.1. The Labute approximate surface area is 213 Å². The number of para-hydroxylation sites is 1. The lowest BCUT2D eigenvalue weighted by molar-refractivity contribution is -0.118. The lowest BCUT2D eigenvalue weighted by Crippen LogP contribution is -2.21. The molecule has 3 aromatic carbocycles. The zero-order chi connectivity index (χ0) is 26.4. The minimum atomic E-state index is -1.05. The summed E-state index contributed by atoms with van der Waals surface area (Å²) in [6.45, 7) is 3.94. The van der Waals surface area contributed by atoms with Crippen molar-refractivity contribution < 1.29 is 29.0 Å². The molecule has 2 amide bonds. The van der Waals surface area contributed by atoms with E-state index >= 15 is 0 Å². The van der Waals surface area contributed by atoms with Crippen LogP contribution in [0.2, 0.25) is 0 Å². The van der Waals surface area contributed by atoms with Crippen LogP contribution >= 0.6 is 0 Å². The Kier molecular flexibility index (Phi) is 7.63. The second kappa shape index (κ2) is 11.2. The Morgan fingerprint density at radius 1 is 1.00 bits per heavy atom. The number of aromatic carboxylic acids is 1. The summed E-state index contributed by atoms with van der Waals surface area (Å²) in [5, 5.41) is 17.4. The molecule has 1 aliphatic heterocycles. The molecule has 1 aliphatic rings. The van der Waals surface area contributed by atoms with E-state index in [4.69, 9.17) is 14.6 Å². The van der Waals surface area contributed by atoms with Gasteiger partial charge in [0, 0.05) is 11.3 Å². The van der Waals surface area contributed by atoms with Crippen LogP contribution in [0.1, 0.15) is 29.8 Å². The van der Waals surface area contributed by atoms with Crippen LogP contribution in [-0.2, 0) is 9.59 Å². The fourth-order valence-corrected chi connectivity index (χ4v) is 3.63. The van der Waals surface area contributed by atoms with E-state index in [1.807, 2.05) is 6.92 Å². The third kappa shape index (κ3) is 6.02. The molecule has 0 saturated heterocycles. The molecule has 0 spiro atoms. The molecule has 2 N–H and O–H groups in total. The molecule has 0 radical (unpaired) electrons. The molecule has 0 fully saturated rings. The summed E-state index contributed by atoms with van der Waals surface area (Å²) in [6, 6.07) is 20.0. The molecular weight excluding hydrogens is 474 g/mol. The number of ether oxygens (including phenoxy) is 2. The highest BCUT2D eigenvalue weighted by molar-refractivity contribution is 6.32. The van der Waals surface area contributed by atoms with Crippen LogP contribution in [0.4, 0.5) is 11.4 Å². The van der Waals surface area contributed by atoms with Crippen molar-refractivity contribution >= 4 is 40.9 Å². The molecule has 0 bridgehead atoms. The number of benzene rings is 3. The van der Waals surface area contributed by atoms with Crippen LogP contribution in [-0.4, -0.2) is 41.8 Å². The maximum Gasteiger partial charge on any atom is 0.335 e. The van der Waals surface area contributed by atoms with E-state index in [0.717, 1.165) is 5.75 Å². The monoisotopic (exact) mass is 499 g/mol. The summed E-state index contributed by atoms with van der Waals surface area (Å²) in [5.74, 6) is -0.596. The van der Waals surface area contributed by atoms with E-state index in [0.29, 0.717) is 40.6 Å². The molecule has 37 heavy (non-hydrogen) atoms. The number of carboxylic acids is 1. The number of amides is 2. The number of hydrogen-bond donors (Lipinski definition) is 2. The average Bonchev–Trinajstić information content (AvgIpc) is 3.18. The number of hydrogen-bond acceptors (Lipinski definition) is 6. The highest BCUT2D eigenvalue weighted by atomic mass is 16.5. The predicted molar refractivity (Wildman–Crippen MR) is 140 cm³/mol. The van der Waals surface area contributed by atoms with Gasteiger partial charge in [-0.15, -0.1) is 0 Å². The number of anilines is 2. The van der Waals surface area contributed by atoms with E-state index in [1.54, 1.807) is 61.5 Å². The summed E-state index contributed by atoms with van der Waals surface area (Å²) in [7, 11) is 0. The highest BCUT2D eigenvalue weighted by Gasteiger charge is 2.29. The Bertz CT molecular complexity index is 1380. The quantitative estimate of drug-likeness (QED) is 0.415. The van der Waals surface area contributed by atoms with Gasteiger partial charge in [-0.2, -0.15) is 10.1 Å². The van der Waals surface area contributed by atoms with Gasteiger partial charge in [0.2, 0.25) is 0 Å². The Morgan fingerprint density at radius 2 is 1.70 bits per heavy atom. The van der Waals surface area contributed by atoms with Gasteiger partial charge in [0.1, 0.15) is 11.5 Å². The first kappa shape index (κ1) is 25.2. The van der Waals surface area contributed by atoms with Crippen molar-refractivity contribution in [3.8, 4) is 11.5 Å². The van der Waals surface area contributed by atoms with Crippen LogP contribution in [0, 0.1) is 0 Å².